The van der Waals surface area contributed by atoms with Gasteiger partial charge in [-0.3, -0.25) is 0 Å². The van der Waals surface area contributed by atoms with E-state index in [1.165, 1.54) is 25.9 Å². The van der Waals surface area contributed by atoms with Crippen LogP contribution in [0.4, 0.5) is 0 Å². The van der Waals surface area contributed by atoms with Crippen LogP contribution in [0, 0.1) is 5.92 Å². The molecule has 1 heterocycles. The Bertz CT molecular complexity index is 175. The molecular weight excluding hydrogens is 122 g/mol. The highest BCUT2D eigenvalue weighted by atomic mass is 14.9. The van der Waals surface area contributed by atoms with Crippen molar-refractivity contribution in [3.63, 3.8) is 0 Å². The Kier molecular flexibility index (Phi) is 1.60. The van der Waals surface area contributed by atoms with E-state index in [-0.39, 0.29) is 0 Å². The number of hydrogen-bond acceptors (Lipinski definition) is 1. The maximum atomic E-state index is 3.28. The first kappa shape index (κ1) is 6.17. The number of nitrogens with one attached hydrogen (secondary N) is 1. The maximum absolute atomic E-state index is 3.28. The van der Waals surface area contributed by atoms with Crippen molar-refractivity contribution in [3.05, 3.63) is 23.8 Å². The third-order valence-corrected chi connectivity index (χ3v) is 2.28. The van der Waals surface area contributed by atoms with Crippen LogP contribution in [0.3, 0.4) is 0 Å². The third-order valence-electron chi connectivity index (χ3n) is 2.28. The Hall–Kier alpha value is -0.560. The molecule has 0 spiro atoms. The van der Waals surface area contributed by atoms with Gasteiger partial charge in [-0.15, -0.1) is 0 Å². The smallest absolute Gasteiger partial charge is 0.00852 e. The molecule has 0 atom stereocenters. The van der Waals surface area contributed by atoms with Crippen LogP contribution < -0.4 is 5.32 Å². The molecular formula is C9H13N. The summed E-state index contributed by atoms with van der Waals surface area (Å²) < 4.78 is 0. The van der Waals surface area contributed by atoms with Crippen LogP contribution in [-0.4, -0.2) is 13.1 Å². The minimum atomic E-state index is 0.830. The summed E-state index contributed by atoms with van der Waals surface area (Å²) in [5, 5.41) is 3.28. The van der Waals surface area contributed by atoms with Crippen molar-refractivity contribution in [2.24, 2.45) is 5.92 Å². The Balaban J connectivity index is 2.01. The standard InChI is InChI=1S/C9H13N/c1-2-4-8(5-3-1)9-6-10-7-9/h2,4-5,9-10H,1,3,6-7H2. The van der Waals surface area contributed by atoms with E-state index in [2.05, 4.69) is 23.5 Å². The van der Waals surface area contributed by atoms with Gasteiger partial charge in [0.05, 0.1) is 0 Å². The molecule has 0 bridgehead atoms. The Morgan fingerprint density at radius 2 is 2.20 bits per heavy atom. The topological polar surface area (TPSA) is 12.0 Å². The van der Waals surface area contributed by atoms with Gasteiger partial charge in [-0.2, -0.15) is 0 Å². The fourth-order valence-electron chi connectivity index (χ4n) is 1.46. The molecule has 1 aliphatic carbocycles. The van der Waals surface area contributed by atoms with Crippen LogP contribution in [0.2, 0.25) is 0 Å². The first-order valence-electron chi connectivity index (χ1n) is 4.04. The summed E-state index contributed by atoms with van der Waals surface area (Å²) in [7, 11) is 0. The van der Waals surface area contributed by atoms with Crippen LogP contribution in [-0.2, 0) is 0 Å². The minimum absolute atomic E-state index is 0.830. The van der Waals surface area contributed by atoms with Gasteiger partial charge in [0.2, 0.25) is 0 Å². The lowest BCUT2D eigenvalue weighted by atomic mass is 9.90. The van der Waals surface area contributed by atoms with Gasteiger partial charge in [-0.25, -0.2) is 0 Å². The predicted octanol–water partition coefficient (Wildman–Crippen LogP) is 1.48. The van der Waals surface area contributed by atoms with Gasteiger partial charge < -0.3 is 5.32 Å². The van der Waals surface area contributed by atoms with Crippen molar-refractivity contribution in [1.29, 1.82) is 0 Å². The molecule has 0 aromatic heterocycles. The molecule has 0 aromatic carbocycles. The normalized spacial score (nSPS) is 25.8. The van der Waals surface area contributed by atoms with Crippen molar-refractivity contribution in [2.75, 3.05) is 13.1 Å². The Morgan fingerprint density at radius 3 is 2.70 bits per heavy atom. The second kappa shape index (κ2) is 2.59. The number of rotatable bonds is 1. The van der Waals surface area contributed by atoms with Crippen LogP contribution >= 0.6 is 0 Å². The molecule has 1 aliphatic heterocycles. The van der Waals surface area contributed by atoms with Crippen LogP contribution in [0.15, 0.2) is 23.8 Å². The molecule has 54 valence electrons. The molecule has 2 aliphatic rings. The molecule has 1 heteroatoms. The van der Waals surface area contributed by atoms with E-state index in [0.717, 1.165) is 5.92 Å². The lowest BCUT2D eigenvalue weighted by molar-refractivity contribution is 0.404. The van der Waals surface area contributed by atoms with Gasteiger partial charge in [0, 0.05) is 19.0 Å². The highest BCUT2D eigenvalue weighted by Crippen LogP contribution is 2.20. The van der Waals surface area contributed by atoms with Gasteiger partial charge in [-0.05, 0) is 18.4 Å². The Labute approximate surface area is 61.8 Å². The fraction of sp³-hybridized carbons (Fsp3) is 0.556. The molecule has 1 nitrogen and oxygen atoms in total. The third kappa shape index (κ3) is 1.01. The van der Waals surface area contributed by atoms with Gasteiger partial charge in [0.15, 0.2) is 0 Å². The highest BCUT2D eigenvalue weighted by molar-refractivity contribution is 5.27. The second-order valence-electron chi connectivity index (χ2n) is 3.04. The van der Waals surface area contributed by atoms with E-state index >= 15 is 0 Å². The van der Waals surface area contributed by atoms with Crippen LogP contribution in [0.1, 0.15) is 12.8 Å². The van der Waals surface area contributed by atoms with Gasteiger partial charge in [0.1, 0.15) is 0 Å². The van der Waals surface area contributed by atoms with E-state index in [0.29, 0.717) is 0 Å². The SMILES string of the molecule is C1=CC(C2CNC2)=CCC1. The summed E-state index contributed by atoms with van der Waals surface area (Å²) >= 11 is 0. The lowest BCUT2D eigenvalue weighted by Gasteiger charge is -2.29. The van der Waals surface area contributed by atoms with Crippen LogP contribution in [0.25, 0.3) is 0 Å². The van der Waals surface area contributed by atoms with Gasteiger partial charge >= 0.3 is 0 Å². The van der Waals surface area contributed by atoms with E-state index < -0.39 is 0 Å². The highest BCUT2D eigenvalue weighted by Gasteiger charge is 2.19. The van der Waals surface area contributed by atoms with Crippen molar-refractivity contribution < 1.29 is 0 Å². The van der Waals surface area contributed by atoms with Crippen molar-refractivity contribution >= 4 is 0 Å². The molecule has 0 saturated carbocycles. The lowest BCUT2D eigenvalue weighted by Crippen LogP contribution is -2.42. The zero-order valence-electron chi connectivity index (χ0n) is 6.14. The molecule has 1 fully saturated rings. The molecule has 10 heavy (non-hydrogen) atoms. The summed E-state index contributed by atoms with van der Waals surface area (Å²) in [6, 6.07) is 0. The molecule has 1 saturated heterocycles. The summed E-state index contributed by atoms with van der Waals surface area (Å²) in [6.45, 7) is 2.38. The van der Waals surface area contributed by atoms with Crippen molar-refractivity contribution in [1.82, 2.24) is 5.32 Å². The molecule has 0 aromatic rings. The first-order valence-corrected chi connectivity index (χ1v) is 4.04. The van der Waals surface area contributed by atoms with Crippen molar-refractivity contribution in [3.8, 4) is 0 Å². The summed E-state index contributed by atoms with van der Waals surface area (Å²) in [6.07, 6.45) is 9.44. The fourth-order valence-corrected chi connectivity index (χ4v) is 1.46. The average Bonchev–Trinajstić information content (AvgIpc) is 1.86. The molecule has 0 amide bonds. The number of hydrogen-bond donors (Lipinski definition) is 1. The zero-order chi connectivity index (χ0) is 6.81. The summed E-state index contributed by atoms with van der Waals surface area (Å²) in [5.74, 6) is 0.830. The van der Waals surface area contributed by atoms with Gasteiger partial charge in [0.25, 0.3) is 0 Å². The Morgan fingerprint density at radius 1 is 1.30 bits per heavy atom. The largest absolute Gasteiger partial charge is 0.315 e. The predicted molar refractivity (Wildman–Crippen MR) is 42.8 cm³/mol. The molecule has 0 unspecified atom stereocenters. The van der Waals surface area contributed by atoms with Crippen molar-refractivity contribution in [2.45, 2.75) is 12.8 Å². The second-order valence-corrected chi connectivity index (χ2v) is 3.04. The molecule has 0 radical (unpaired) electrons. The molecule has 2 rings (SSSR count). The van der Waals surface area contributed by atoms with E-state index in [1.54, 1.807) is 5.57 Å². The summed E-state index contributed by atoms with van der Waals surface area (Å²) in [5.41, 5.74) is 1.56. The monoisotopic (exact) mass is 135 g/mol. The van der Waals surface area contributed by atoms with Gasteiger partial charge in [-0.1, -0.05) is 18.2 Å². The van der Waals surface area contributed by atoms with E-state index in [1.807, 2.05) is 0 Å². The van der Waals surface area contributed by atoms with Crippen LogP contribution in [0.5, 0.6) is 0 Å². The average molecular weight is 135 g/mol. The molecule has 1 N–H and O–H groups in total. The minimum Gasteiger partial charge on any atom is -0.315 e. The maximum Gasteiger partial charge on any atom is 0.00852 e. The van der Waals surface area contributed by atoms with E-state index in [9.17, 15) is 0 Å². The quantitative estimate of drug-likeness (QED) is 0.574. The zero-order valence-corrected chi connectivity index (χ0v) is 6.14. The number of allylic oxidation sites excluding steroid dienone is 3. The first-order chi connectivity index (χ1) is 4.97. The van der Waals surface area contributed by atoms with E-state index in [4.69, 9.17) is 0 Å². The summed E-state index contributed by atoms with van der Waals surface area (Å²) in [4.78, 5) is 0.